The lowest BCUT2D eigenvalue weighted by Gasteiger charge is -2.25. The van der Waals surface area contributed by atoms with Crippen molar-refractivity contribution in [1.29, 1.82) is 0 Å². The Morgan fingerprint density at radius 3 is 2.32 bits per heavy atom. The first-order chi connectivity index (χ1) is 17.8. The second-order valence-corrected chi connectivity index (χ2v) is 8.49. The highest BCUT2D eigenvalue weighted by molar-refractivity contribution is 5.85. The molecule has 1 aromatic heterocycles. The number of anilines is 3. The van der Waals surface area contributed by atoms with Gasteiger partial charge in [-0.15, -0.1) is 0 Å². The number of amides is 2. The maximum absolute atomic E-state index is 12.2. The third-order valence-corrected chi connectivity index (χ3v) is 5.92. The molecule has 1 unspecified atom stereocenters. The molecule has 1 heterocycles. The van der Waals surface area contributed by atoms with Crippen molar-refractivity contribution in [2.75, 3.05) is 48.3 Å². The van der Waals surface area contributed by atoms with Crippen LogP contribution in [0.15, 0.2) is 30.5 Å². The van der Waals surface area contributed by atoms with Gasteiger partial charge in [0, 0.05) is 39.6 Å². The maximum atomic E-state index is 12.2. The molecule has 11 nitrogen and oxygen atoms in total. The number of ether oxygens (including phenoxy) is 1. The van der Waals surface area contributed by atoms with E-state index in [2.05, 4.69) is 22.2 Å². The molecular weight excluding hydrogens is 476 g/mol. The second-order valence-electron chi connectivity index (χ2n) is 8.49. The quantitative estimate of drug-likeness (QED) is 0.342. The summed E-state index contributed by atoms with van der Waals surface area (Å²) >= 11 is 0. The van der Waals surface area contributed by atoms with Crippen molar-refractivity contribution in [3.63, 3.8) is 0 Å². The van der Waals surface area contributed by atoms with Crippen molar-refractivity contribution in [3.8, 4) is 5.75 Å². The molecule has 1 atom stereocenters. The van der Waals surface area contributed by atoms with Crippen LogP contribution in [0, 0.1) is 0 Å². The van der Waals surface area contributed by atoms with Crippen LogP contribution in [0.4, 0.5) is 22.2 Å². The van der Waals surface area contributed by atoms with Crippen LogP contribution >= 0.6 is 0 Å². The Morgan fingerprint density at radius 1 is 1.11 bits per heavy atom. The standard InChI is InChI=1S/C26H38N6O5/c1-6-10-15-30(5)26(36)37-20-13-11-19(12-14-20)16-21(24(34)35)28-23-22(32(9-4)18-33)17-27-25(29-23)31(7-2)8-3/h11-14,17-18,21H,6-10,15-16H2,1-5H3,(H,34,35)(H,27,28,29). The third-order valence-electron chi connectivity index (χ3n) is 5.92. The van der Waals surface area contributed by atoms with Crippen LogP contribution in [0.2, 0.25) is 0 Å². The van der Waals surface area contributed by atoms with Crippen LogP contribution in [-0.2, 0) is 16.0 Å². The minimum atomic E-state index is -1.07. The second kappa shape index (κ2) is 14.6. The fourth-order valence-electron chi connectivity index (χ4n) is 3.60. The first-order valence-electron chi connectivity index (χ1n) is 12.6. The molecule has 1 aromatic carbocycles. The Balaban J connectivity index is 2.23. The van der Waals surface area contributed by atoms with E-state index in [-0.39, 0.29) is 12.2 Å². The number of aromatic nitrogens is 2. The van der Waals surface area contributed by atoms with E-state index in [1.165, 1.54) is 16.0 Å². The molecule has 2 rings (SSSR count). The van der Waals surface area contributed by atoms with E-state index in [0.717, 1.165) is 18.4 Å². The first kappa shape index (κ1) is 29.3. The van der Waals surface area contributed by atoms with E-state index in [4.69, 9.17) is 4.74 Å². The van der Waals surface area contributed by atoms with Gasteiger partial charge in [-0.2, -0.15) is 4.98 Å². The van der Waals surface area contributed by atoms with Crippen molar-refractivity contribution in [2.45, 2.75) is 53.0 Å². The Hall–Kier alpha value is -3.89. The molecule has 0 spiro atoms. The zero-order valence-corrected chi connectivity index (χ0v) is 22.3. The summed E-state index contributed by atoms with van der Waals surface area (Å²) in [5, 5.41) is 12.9. The van der Waals surface area contributed by atoms with Crippen molar-refractivity contribution < 1.29 is 24.2 Å². The lowest BCUT2D eigenvalue weighted by molar-refractivity contribution is -0.137. The molecule has 202 valence electrons. The Kier molecular flexibility index (Phi) is 11.6. The van der Waals surface area contributed by atoms with Crippen LogP contribution in [-0.4, -0.2) is 77.7 Å². The Labute approximate surface area is 218 Å². The third kappa shape index (κ3) is 8.33. The smallest absolute Gasteiger partial charge is 0.414 e. The Morgan fingerprint density at radius 2 is 1.78 bits per heavy atom. The number of nitrogens with zero attached hydrogens (tertiary/aromatic N) is 5. The van der Waals surface area contributed by atoms with Crippen LogP contribution in [0.5, 0.6) is 5.75 Å². The van der Waals surface area contributed by atoms with Gasteiger partial charge in [0.15, 0.2) is 5.82 Å². The average Bonchev–Trinajstić information content (AvgIpc) is 2.90. The fourth-order valence-corrected chi connectivity index (χ4v) is 3.60. The number of carboxylic acids is 1. The number of unbranched alkanes of at least 4 members (excludes halogenated alkanes) is 1. The van der Waals surface area contributed by atoms with E-state index in [0.29, 0.717) is 50.0 Å². The number of nitrogens with one attached hydrogen (secondary N) is 1. The van der Waals surface area contributed by atoms with Gasteiger partial charge in [0.2, 0.25) is 12.4 Å². The van der Waals surface area contributed by atoms with Gasteiger partial charge in [0.1, 0.15) is 17.5 Å². The topological polar surface area (TPSA) is 128 Å². The summed E-state index contributed by atoms with van der Waals surface area (Å²) in [4.78, 5) is 49.8. The molecule has 2 aromatic rings. The van der Waals surface area contributed by atoms with E-state index < -0.39 is 18.1 Å². The molecule has 0 aliphatic heterocycles. The maximum Gasteiger partial charge on any atom is 0.414 e. The lowest BCUT2D eigenvalue weighted by Crippen LogP contribution is -2.34. The molecule has 0 aliphatic rings. The van der Waals surface area contributed by atoms with Crippen LogP contribution in [0.3, 0.4) is 0 Å². The predicted octanol–water partition coefficient (Wildman–Crippen LogP) is 3.64. The number of hydrogen-bond acceptors (Lipinski definition) is 8. The molecule has 0 radical (unpaired) electrons. The zero-order valence-electron chi connectivity index (χ0n) is 22.3. The predicted molar refractivity (Wildman–Crippen MR) is 143 cm³/mol. The summed E-state index contributed by atoms with van der Waals surface area (Å²) in [6.07, 6.45) is 3.75. The van der Waals surface area contributed by atoms with Gasteiger partial charge >= 0.3 is 12.1 Å². The summed E-state index contributed by atoms with van der Waals surface area (Å²) in [5.74, 6) is 0.0101. The van der Waals surface area contributed by atoms with E-state index in [1.54, 1.807) is 38.2 Å². The largest absolute Gasteiger partial charge is 0.480 e. The van der Waals surface area contributed by atoms with Gasteiger partial charge in [-0.3, -0.25) is 4.79 Å². The molecule has 11 heteroatoms. The molecule has 0 aliphatic carbocycles. The molecule has 0 fully saturated rings. The summed E-state index contributed by atoms with van der Waals surface area (Å²) in [6, 6.07) is 5.69. The minimum absolute atomic E-state index is 0.136. The molecule has 0 bridgehead atoms. The van der Waals surface area contributed by atoms with E-state index >= 15 is 0 Å². The number of hydrogen-bond donors (Lipinski definition) is 2. The lowest BCUT2D eigenvalue weighted by atomic mass is 10.1. The van der Waals surface area contributed by atoms with Crippen molar-refractivity contribution in [1.82, 2.24) is 14.9 Å². The molecule has 2 amide bonds. The highest BCUT2D eigenvalue weighted by Crippen LogP contribution is 2.26. The number of carbonyl (C=O) groups excluding carboxylic acids is 2. The number of rotatable bonds is 15. The molecule has 0 saturated carbocycles. The van der Waals surface area contributed by atoms with Crippen LogP contribution < -0.4 is 19.9 Å². The van der Waals surface area contributed by atoms with Crippen molar-refractivity contribution in [2.24, 2.45) is 0 Å². The minimum Gasteiger partial charge on any atom is -0.480 e. The van der Waals surface area contributed by atoms with E-state index in [1.807, 2.05) is 18.7 Å². The van der Waals surface area contributed by atoms with Crippen LogP contribution in [0.1, 0.15) is 46.1 Å². The zero-order chi connectivity index (χ0) is 27.4. The number of carboxylic acid groups (broad SMARTS) is 1. The van der Waals surface area contributed by atoms with Crippen molar-refractivity contribution >= 4 is 35.9 Å². The van der Waals surface area contributed by atoms with E-state index in [9.17, 15) is 19.5 Å². The average molecular weight is 515 g/mol. The normalized spacial score (nSPS) is 11.4. The summed E-state index contributed by atoms with van der Waals surface area (Å²) in [7, 11) is 1.69. The van der Waals surface area contributed by atoms with Gasteiger partial charge in [-0.1, -0.05) is 25.5 Å². The summed E-state index contributed by atoms with van der Waals surface area (Å²) in [6.45, 7) is 10.1. The van der Waals surface area contributed by atoms with Gasteiger partial charge in [-0.25, -0.2) is 14.6 Å². The molecule has 37 heavy (non-hydrogen) atoms. The first-order valence-corrected chi connectivity index (χ1v) is 12.6. The van der Waals surface area contributed by atoms with Gasteiger partial charge in [0.05, 0.1) is 6.20 Å². The highest BCUT2D eigenvalue weighted by Gasteiger charge is 2.23. The fraction of sp³-hybridized carbons (Fsp3) is 0.500. The molecular formula is C26H38N6O5. The molecule has 0 saturated heterocycles. The van der Waals surface area contributed by atoms with Gasteiger partial charge in [0.25, 0.3) is 0 Å². The monoisotopic (exact) mass is 514 g/mol. The SMILES string of the molecule is CCCCN(C)C(=O)Oc1ccc(CC(Nc2nc(N(CC)CC)ncc2N(C=O)CC)C(=O)O)cc1. The summed E-state index contributed by atoms with van der Waals surface area (Å²) < 4.78 is 5.39. The van der Waals surface area contributed by atoms with Crippen LogP contribution in [0.25, 0.3) is 0 Å². The Bertz CT molecular complexity index is 1030. The van der Waals surface area contributed by atoms with Crippen molar-refractivity contribution in [3.05, 3.63) is 36.0 Å². The number of benzene rings is 1. The number of carbonyl (C=O) groups is 3. The number of aliphatic carboxylic acids is 1. The van der Waals surface area contributed by atoms with Gasteiger partial charge in [-0.05, 0) is 44.9 Å². The summed E-state index contributed by atoms with van der Waals surface area (Å²) in [5.41, 5.74) is 1.12. The molecule has 2 N–H and O–H groups in total. The highest BCUT2D eigenvalue weighted by atomic mass is 16.6. The van der Waals surface area contributed by atoms with Gasteiger partial charge < -0.3 is 29.9 Å².